The maximum atomic E-state index is 13.7. The second-order valence-corrected chi connectivity index (χ2v) is 5.62. The van der Waals surface area contributed by atoms with Crippen molar-refractivity contribution in [2.75, 3.05) is 6.54 Å². The molecule has 1 aromatic rings. The first-order valence-corrected chi connectivity index (χ1v) is 6.94. The number of carbonyl (C=O) groups is 1. The Labute approximate surface area is 122 Å². The standard InChI is InChI=1S/C13H11F3INO/c14-9-4-2-1-3-8(9)11-6-5-10(17)13(19)18(11)7-12(15)16/h1-4,6,10,12H,5,7H2. The van der Waals surface area contributed by atoms with Crippen LogP contribution >= 0.6 is 22.6 Å². The van der Waals surface area contributed by atoms with Crippen LogP contribution in [0, 0.1) is 5.82 Å². The van der Waals surface area contributed by atoms with Crippen molar-refractivity contribution in [3.8, 4) is 0 Å². The zero-order valence-corrected chi connectivity index (χ0v) is 12.0. The fraction of sp³-hybridized carbons (Fsp3) is 0.308. The van der Waals surface area contributed by atoms with E-state index in [1.807, 2.05) is 22.6 Å². The van der Waals surface area contributed by atoms with E-state index in [9.17, 15) is 18.0 Å². The van der Waals surface area contributed by atoms with Gasteiger partial charge in [0, 0.05) is 5.56 Å². The average molecular weight is 381 g/mol. The summed E-state index contributed by atoms with van der Waals surface area (Å²) in [5.74, 6) is -0.922. The Hall–Kier alpha value is -1.05. The van der Waals surface area contributed by atoms with Crippen LogP contribution in [0.4, 0.5) is 13.2 Å². The third-order valence-electron chi connectivity index (χ3n) is 2.81. The van der Waals surface area contributed by atoms with Gasteiger partial charge in [0.1, 0.15) is 5.82 Å². The Balaban J connectivity index is 2.41. The molecule has 0 aromatic heterocycles. The van der Waals surface area contributed by atoms with E-state index >= 15 is 0 Å². The molecule has 1 amide bonds. The Bertz CT molecular complexity index is 518. The maximum absolute atomic E-state index is 13.7. The van der Waals surface area contributed by atoms with E-state index in [2.05, 4.69) is 0 Å². The highest BCUT2D eigenvalue weighted by Gasteiger charge is 2.31. The van der Waals surface area contributed by atoms with Gasteiger partial charge in [-0.15, -0.1) is 0 Å². The SMILES string of the molecule is O=C1C(I)CC=C(c2ccccc2F)N1CC(F)F. The van der Waals surface area contributed by atoms with Gasteiger partial charge in [0.15, 0.2) is 0 Å². The molecule has 0 saturated heterocycles. The molecule has 1 unspecified atom stereocenters. The number of allylic oxidation sites excluding steroid dienone is 1. The highest BCUT2D eigenvalue weighted by Crippen LogP contribution is 2.30. The lowest BCUT2D eigenvalue weighted by Gasteiger charge is -2.31. The Morgan fingerprint density at radius 3 is 2.68 bits per heavy atom. The fourth-order valence-electron chi connectivity index (χ4n) is 1.96. The molecule has 0 spiro atoms. The molecule has 102 valence electrons. The Morgan fingerprint density at radius 2 is 2.05 bits per heavy atom. The third kappa shape index (κ3) is 3.10. The third-order valence-corrected chi connectivity index (χ3v) is 3.85. The monoisotopic (exact) mass is 381 g/mol. The molecule has 1 aliphatic heterocycles. The summed E-state index contributed by atoms with van der Waals surface area (Å²) in [6.45, 7) is -0.710. The van der Waals surface area contributed by atoms with Crippen molar-refractivity contribution in [1.82, 2.24) is 4.90 Å². The van der Waals surface area contributed by atoms with Crippen molar-refractivity contribution >= 4 is 34.2 Å². The Kier molecular flexibility index (Phi) is 4.49. The normalized spacial score (nSPS) is 19.8. The highest BCUT2D eigenvalue weighted by molar-refractivity contribution is 14.1. The van der Waals surface area contributed by atoms with Crippen molar-refractivity contribution < 1.29 is 18.0 Å². The zero-order chi connectivity index (χ0) is 14.0. The van der Waals surface area contributed by atoms with Crippen LogP contribution in [0.3, 0.4) is 0 Å². The van der Waals surface area contributed by atoms with Crippen LogP contribution in [0.5, 0.6) is 0 Å². The second-order valence-electron chi connectivity index (χ2n) is 4.11. The van der Waals surface area contributed by atoms with Crippen molar-refractivity contribution in [1.29, 1.82) is 0 Å². The van der Waals surface area contributed by atoms with Gasteiger partial charge in [-0.1, -0.05) is 40.8 Å². The summed E-state index contributed by atoms with van der Waals surface area (Å²) in [6, 6.07) is 5.86. The van der Waals surface area contributed by atoms with Gasteiger partial charge >= 0.3 is 0 Å². The predicted molar refractivity (Wildman–Crippen MR) is 74.5 cm³/mol. The molecule has 0 bridgehead atoms. The molecular weight excluding hydrogens is 370 g/mol. The second kappa shape index (κ2) is 5.94. The molecule has 1 aliphatic rings. The number of nitrogens with zero attached hydrogens (tertiary/aromatic N) is 1. The lowest BCUT2D eigenvalue weighted by atomic mass is 10.0. The van der Waals surface area contributed by atoms with Crippen LogP contribution in [-0.2, 0) is 4.79 Å². The van der Waals surface area contributed by atoms with Gasteiger partial charge in [-0.05, 0) is 18.6 Å². The predicted octanol–water partition coefficient (Wildman–Crippen LogP) is 3.47. The van der Waals surface area contributed by atoms with Gasteiger partial charge in [0.05, 0.1) is 16.2 Å². The molecule has 0 fully saturated rings. The number of hydrogen-bond acceptors (Lipinski definition) is 1. The van der Waals surface area contributed by atoms with Crippen molar-refractivity contribution in [3.05, 3.63) is 41.7 Å². The molecule has 6 heteroatoms. The summed E-state index contributed by atoms with van der Waals surface area (Å²) in [5.41, 5.74) is 0.413. The number of rotatable bonds is 3. The molecule has 2 rings (SSSR count). The largest absolute Gasteiger partial charge is 0.305 e. The highest BCUT2D eigenvalue weighted by atomic mass is 127. The molecule has 1 aromatic carbocycles. The van der Waals surface area contributed by atoms with Gasteiger partial charge in [0.25, 0.3) is 6.43 Å². The molecule has 19 heavy (non-hydrogen) atoms. The number of hydrogen-bond donors (Lipinski definition) is 0. The summed E-state index contributed by atoms with van der Waals surface area (Å²) in [5, 5.41) is 0. The number of alkyl halides is 3. The lowest BCUT2D eigenvalue weighted by Crippen LogP contribution is -2.41. The minimum absolute atomic E-state index is 0.180. The van der Waals surface area contributed by atoms with E-state index in [0.717, 1.165) is 4.90 Å². The van der Waals surface area contributed by atoms with Crippen LogP contribution < -0.4 is 0 Å². The number of halogens is 4. The number of carbonyl (C=O) groups excluding carboxylic acids is 1. The summed E-state index contributed by atoms with van der Waals surface area (Å²) < 4.78 is 38.5. The summed E-state index contributed by atoms with van der Waals surface area (Å²) in [6.07, 6.45) is -0.594. The molecule has 0 saturated carbocycles. The van der Waals surface area contributed by atoms with Gasteiger partial charge in [-0.25, -0.2) is 13.2 Å². The van der Waals surface area contributed by atoms with E-state index in [1.54, 1.807) is 12.1 Å². The van der Waals surface area contributed by atoms with E-state index < -0.39 is 24.7 Å². The molecule has 0 N–H and O–H groups in total. The van der Waals surface area contributed by atoms with E-state index in [4.69, 9.17) is 0 Å². The average Bonchev–Trinajstić information content (AvgIpc) is 2.36. The van der Waals surface area contributed by atoms with Gasteiger partial charge in [-0.3, -0.25) is 4.79 Å². The minimum atomic E-state index is -2.65. The molecule has 2 nitrogen and oxygen atoms in total. The molecular formula is C13H11F3INO. The van der Waals surface area contributed by atoms with E-state index in [0.29, 0.717) is 6.42 Å². The van der Waals surface area contributed by atoms with Crippen LogP contribution in [0.15, 0.2) is 30.3 Å². The summed E-state index contributed by atoms with van der Waals surface area (Å²) >= 11 is 1.91. The first-order chi connectivity index (χ1) is 9.00. The van der Waals surface area contributed by atoms with Crippen LogP contribution in [-0.4, -0.2) is 27.7 Å². The van der Waals surface area contributed by atoms with Crippen LogP contribution in [0.2, 0.25) is 0 Å². The first-order valence-electron chi connectivity index (χ1n) is 5.69. The van der Waals surface area contributed by atoms with Gasteiger partial charge in [-0.2, -0.15) is 0 Å². The zero-order valence-electron chi connectivity index (χ0n) is 9.82. The van der Waals surface area contributed by atoms with Crippen molar-refractivity contribution in [2.45, 2.75) is 16.8 Å². The fourth-order valence-corrected chi connectivity index (χ4v) is 2.56. The molecule has 1 atom stereocenters. The first kappa shape index (κ1) is 14.4. The van der Waals surface area contributed by atoms with Crippen molar-refractivity contribution in [2.24, 2.45) is 0 Å². The Morgan fingerprint density at radius 1 is 1.37 bits per heavy atom. The minimum Gasteiger partial charge on any atom is -0.305 e. The number of amides is 1. The molecule has 0 radical (unpaired) electrons. The van der Waals surface area contributed by atoms with Crippen LogP contribution in [0.1, 0.15) is 12.0 Å². The summed E-state index contributed by atoms with van der Waals surface area (Å²) in [4.78, 5) is 13.0. The smallest absolute Gasteiger partial charge is 0.256 e. The van der Waals surface area contributed by atoms with E-state index in [-0.39, 0.29) is 15.2 Å². The number of benzene rings is 1. The van der Waals surface area contributed by atoms with E-state index in [1.165, 1.54) is 18.2 Å². The van der Waals surface area contributed by atoms with Crippen LogP contribution in [0.25, 0.3) is 5.70 Å². The van der Waals surface area contributed by atoms with Gasteiger partial charge < -0.3 is 4.90 Å². The van der Waals surface area contributed by atoms with Crippen molar-refractivity contribution in [3.63, 3.8) is 0 Å². The lowest BCUT2D eigenvalue weighted by molar-refractivity contribution is -0.128. The maximum Gasteiger partial charge on any atom is 0.256 e. The van der Waals surface area contributed by atoms with Gasteiger partial charge in [0.2, 0.25) is 5.91 Å². The molecule has 0 aliphatic carbocycles. The molecule has 1 heterocycles. The quantitative estimate of drug-likeness (QED) is 0.580. The topological polar surface area (TPSA) is 20.3 Å². The summed E-state index contributed by atoms with van der Waals surface area (Å²) in [7, 11) is 0.